The van der Waals surface area contributed by atoms with Crippen LogP contribution in [0.15, 0.2) is 35.3 Å². The van der Waals surface area contributed by atoms with E-state index in [0.717, 1.165) is 12.0 Å². The van der Waals surface area contributed by atoms with E-state index in [4.69, 9.17) is 11.1 Å². The van der Waals surface area contributed by atoms with Crippen LogP contribution in [0.4, 0.5) is 5.69 Å². The van der Waals surface area contributed by atoms with E-state index < -0.39 is 11.6 Å². The monoisotopic (exact) mass is 425 g/mol. The first-order valence-electron chi connectivity index (χ1n) is 10.1. The van der Waals surface area contributed by atoms with Crippen molar-refractivity contribution in [3.63, 3.8) is 0 Å². The molecule has 1 aliphatic heterocycles. The van der Waals surface area contributed by atoms with Crippen LogP contribution < -0.4 is 27.2 Å². The van der Waals surface area contributed by atoms with Gasteiger partial charge in [-0.25, -0.2) is 4.98 Å². The van der Waals surface area contributed by atoms with Gasteiger partial charge in [0.1, 0.15) is 23.4 Å². The van der Waals surface area contributed by atoms with Crippen molar-refractivity contribution in [1.29, 1.82) is 5.41 Å². The van der Waals surface area contributed by atoms with Crippen molar-refractivity contribution in [3.05, 3.63) is 57.8 Å². The summed E-state index contributed by atoms with van der Waals surface area (Å²) in [6.45, 7) is 4.58. The third-order valence-electron chi connectivity index (χ3n) is 5.38. The lowest BCUT2D eigenvalue weighted by molar-refractivity contribution is -0.124. The Hall–Kier alpha value is -3.69. The van der Waals surface area contributed by atoms with E-state index in [1.54, 1.807) is 31.2 Å². The van der Waals surface area contributed by atoms with E-state index >= 15 is 0 Å². The molecule has 2 aromatic rings. The van der Waals surface area contributed by atoms with E-state index in [9.17, 15) is 14.4 Å². The predicted molar refractivity (Wildman–Crippen MR) is 117 cm³/mol. The molecule has 0 saturated heterocycles. The first-order valence-corrected chi connectivity index (χ1v) is 10.1. The Labute approximate surface area is 179 Å². The second-order valence-corrected chi connectivity index (χ2v) is 7.74. The fourth-order valence-corrected chi connectivity index (χ4v) is 3.69. The van der Waals surface area contributed by atoms with E-state index in [0.29, 0.717) is 30.0 Å². The summed E-state index contributed by atoms with van der Waals surface area (Å²) in [6.07, 6.45) is 3.04. The van der Waals surface area contributed by atoms with Gasteiger partial charge in [0, 0.05) is 25.1 Å². The smallest absolute Gasteiger partial charge is 0.277 e. The van der Waals surface area contributed by atoms with Crippen molar-refractivity contribution in [2.24, 2.45) is 5.73 Å². The van der Waals surface area contributed by atoms with Gasteiger partial charge < -0.3 is 21.7 Å². The second kappa shape index (κ2) is 8.99. The van der Waals surface area contributed by atoms with Gasteiger partial charge in [0.15, 0.2) is 0 Å². The summed E-state index contributed by atoms with van der Waals surface area (Å²) >= 11 is 0. The number of carbonyl (C=O) groups excluding carboxylic acids is 2. The Kier molecular flexibility index (Phi) is 6.38. The molecule has 0 fully saturated rings. The van der Waals surface area contributed by atoms with Crippen LogP contribution in [0.5, 0.6) is 0 Å². The summed E-state index contributed by atoms with van der Waals surface area (Å²) in [4.78, 5) is 41.7. The van der Waals surface area contributed by atoms with Crippen LogP contribution in [0.2, 0.25) is 0 Å². The van der Waals surface area contributed by atoms with Crippen LogP contribution in [0.1, 0.15) is 49.7 Å². The number of fused-ring (bicyclic) bond motifs is 1. The van der Waals surface area contributed by atoms with Crippen LogP contribution in [0.3, 0.4) is 0 Å². The van der Waals surface area contributed by atoms with Gasteiger partial charge in [0.25, 0.3) is 5.56 Å². The van der Waals surface area contributed by atoms with Crippen molar-refractivity contribution in [1.82, 2.24) is 20.2 Å². The van der Waals surface area contributed by atoms with E-state index in [-0.39, 0.29) is 30.3 Å². The zero-order valence-corrected chi connectivity index (χ0v) is 17.6. The Morgan fingerprint density at radius 3 is 2.71 bits per heavy atom. The van der Waals surface area contributed by atoms with Crippen molar-refractivity contribution in [2.45, 2.75) is 44.8 Å². The molecule has 2 heterocycles. The van der Waals surface area contributed by atoms with Crippen molar-refractivity contribution >= 4 is 23.8 Å². The Balaban J connectivity index is 1.85. The van der Waals surface area contributed by atoms with Gasteiger partial charge in [-0.15, -0.1) is 0 Å². The fraction of sp³-hybridized carbons (Fsp3) is 0.381. The first kappa shape index (κ1) is 22.0. The molecule has 10 nitrogen and oxygen atoms in total. The normalized spacial score (nSPS) is 19.4. The molecule has 1 aromatic heterocycles. The van der Waals surface area contributed by atoms with E-state index in [1.807, 2.05) is 6.92 Å². The Bertz CT molecular complexity index is 1050. The van der Waals surface area contributed by atoms with Crippen LogP contribution in [-0.2, 0) is 21.7 Å². The van der Waals surface area contributed by atoms with Crippen LogP contribution in [0, 0.1) is 5.41 Å². The zero-order chi connectivity index (χ0) is 22.6. The summed E-state index contributed by atoms with van der Waals surface area (Å²) in [5, 5.41) is 16.0. The van der Waals surface area contributed by atoms with Crippen molar-refractivity contribution < 1.29 is 9.59 Å². The number of aromatic nitrogens is 2. The SMILES string of the molecule is CCCNc1cnc2n(c1=O)[C@@H](C(=O)NCc1ccc(C(=N)N)cc1)C[C@]2(C)NC=O. The molecular weight excluding hydrogens is 398 g/mol. The molecule has 31 heavy (non-hydrogen) atoms. The predicted octanol–water partition coefficient (Wildman–Crippen LogP) is 0.572. The topological polar surface area (TPSA) is 155 Å². The number of nitrogens with one attached hydrogen (secondary N) is 4. The summed E-state index contributed by atoms with van der Waals surface area (Å²) < 4.78 is 1.36. The quantitative estimate of drug-likeness (QED) is 0.225. The average molecular weight is 425 g/mol. The molecule has 1 aromatic carbocycles. The number of benzene rings is 1. The number of amidine groups is 1. The number of anilines is 1. The minimum Gasteiger partial charge on any atom is -0.384 e. The number of carbonyl (C=O) groups is 2. The minimum absolute atomic E-state index is 0.0283. The average Bonchev–Trinajstić information content (AvgIpc) is 3.05. The lowest BCUT2D eigenvalue weighted by Crippen LogP contribution is -2.38. The molecule has 2 amide bonds. The lowest BCUT2D eigenvalue weighted by Gasteiger charge is -2.22. The number of amides is 2. The van der Waals surface area contributed by atoms with E-state index in [2.05, 4.69) is 20.9 Å². The maximum Gasteiger partial charge on any atom is 0.277 e. The third-order valence-corrected chi connectivity index (χ3v) is 5.38. The second-order valence-electron chi connectivity index (χ2n) is 7.74. The van der Waals surface area contributed by atoms with Gasteiger partial charge in [-0.1, -0.05) is 31.2 Å². The number of hydrogen-bond donors (Lipinski definition) is 5. The van der Waals surface area contributed by atoms with Gasteiger partial charge in [0.2, 0.25) is 12.3 Å². The standard InChI is InChI=1S/C21H27N7O3/c1-3-8-24-15-11-26-20-21(2,27-12-29)9-16(28(20)19(15)31)18(30)25-10-13-4-6-14(7-5-13)17(22)23/h4-7,11-12,16,24H,3,8-10H2,1-2H3,(H3,22,23)(H,25,30)(H,27,29)/t16-,21+/m1/s1. The number of hydrogen-bond acceptors (Lipinski definition) is 6. The highest BCUT2D eigenvalue weighted by Crippen LogP contribution is 2.37. The maximum absolute atomic E-state index is 13.1. The van der Waals surface area contributed by atoms with Gasteiger partial charge in [-0.3, -0.25) is 24.4 Å². The molecule has 0 bridgehead atoms. The van der Waals surface area contributed by atoms with Crippen LogP contribution in [0.25, 0.3) is 0 Å². The Morgan fingerprint density at radius 2 is 2.10 bits per heavy atom. The highest BCUT2D eigenvalue weighted by atomic mass is 16.2. The first-order chi connectivity index (χ1) is 14.8. The molecule has 0 aliphatic carbocycles. The highest BCUT2D eigenvalue weighted by Gasteiger charge is 2.45. The molecule has 10 heteroatoms. The number of rotatable bonds is 9. The molecule has 2 atom stereocenters. The molecule has 1 aliphatic rings. The number of nitrogens with two attached hydrogens (primary N) is 1. The molecule has 0 unspecified atom stereocenters. The third kappa shape index (κ3) is 4.42. The van der Waals surface area contributed by atoms with Crippen molar-refractivity contribution in [3.8, 4) is 0 Å². The van der Waals surface area contributed by atoms with Crippen molar-refractivity contribution in [2.75, 3.05) is 11.9 Å². The summed E-state index contributed by atoms with van der Waals surface area (Å²) in [7, 11) is 0. The Morgan fingerprint density at radius 1 is 1.39 bits per heavy atom. The van der Waals surface area contributed by atoms with Gasteiger partial charge in [0.05, 0.1) is 11.7 Å². The minimum atomic E-state index is -0.935. The fourth-order valence-electron chi connectivity index (χ4n) is 3.69. The van der Waals surface area contributed by atoms with Gasteiger partial charge in [-0.2, -0.15) is 0 Å². The molecule has 6 N–H and O–H groups in total. The van der Waals surface area contributed by atoms with Crippen LogP contribution in [-0.4, -0.2) is 34.2 Å². The van der Waals surface area contributed by atoms with Gasteiger partial charge >= 0.3 is 0 Å². The van der Waals surface area contributed by atoms with E-state index in [1.165, 1.54) is 10.8 Å². The zero-order valence-electron chi connectivity index (χ0n) is 17.6. The van der Waals surface area contributed by atoms with Crippen LogP contribution >= 0.6 is 0 Å². The maximum atomic E-state index is 13.1. The highest BCUT2D eigenvalue weighted by molar-refractivity contribution is 5.94. The molecule has 3 rings (SSSR count). The lowest BCUT2D eigenvalue weighted by atomic mass is 9.96. The molecule has 0 spiro atoms. The largest absolute Gasteiger partial charge is 0.384 e. The molecule has 164 valence electrons. The molecule has 0 radical (unpaired) electrons. The molecular formula is C21H27N7O3. The number of nitrogen functional groups attached to an aromatic ring is 1. The number of nitrogens with zero attached hydrogens (tertiary/aromatic N) is 2. The summed E-state index contributed by atoms with van der Waals surface area (Å²) in [5.74, 6) is -0.0260. The summed E-state index contributed by atoms with van der Waals surface area (Å²) in [6, 6.07) is 6.16. The summed E-state index contributed by atoms with van der Waals surface area (Å²) in [5.41, 5.74) is 5.92. The molecule has 0 saturated carbocycles. The van der Waals surface area contributed by atoms with Gasteiger partial charge in [-0.05, 0) is 18.9 Å².